The van der Waals surface area contributed by atoms with Crippen LogP contribution in [-0.2, 0) is 9.53 Å². The number of methoxy groups -OCH3 is 1. The van der Waals surface area contributed by atoms with E-state index in [0.717, 1.165) is 16.4 Å². The molecule has 0 fully saturated rings. The van der Waals surface area contributed by atoms with E-state index in [9.17, 15) is 9.59 Å². The molecule has 4 aromatic rings. The molecule has 30 heavy (non-hydrogen) atoms. The Morgan fingerprint density at radius 1 is 1.00 bits per heavy atom. The van der Waals surface area contributed by atoms with E-state index >= 15 is 0 Å². The minimum atomic E-state index is -1.05. The second-order valence-corrected chi connectivity index (χ2v) is 7.07. The van der Waals surface area contributed by atoms with Crippen LogP contribution in [0.5, 0.6) is 5.75 Å². The molecule has 6 nitrogen and oxygen atoms in total. The number of halogens is 1. The van der Waals surface area contributed by atoms with Gasteiger partial charge in [-0.2, -0.15) is 0 Å². The lowest BCUT2D eigenvalue weighted by molar-refractivity contribution is -0.123. The van der Waals surface area contributed by atoms with Crippen molar-refractivity contribution in [2.75, 3.05) is 12.4 Å². The van der Waals surface area contributed by atoms with Crippen LogP contribution in [-0.4, -0.2) is 25.1 Å². The van der Waals surface area contributed by atoms with Crippen molar-refractivity contribution >= 4 is 51.1 Å². The van der Waals surface area contributed by atoms with Gasteiger partial charge in [-0.05, 0) is 31.2 Å². The van der Waals surface area contributed by atoms with Crippen molar-refractivity contribution in [3.63, 3.8) is 0 Å². The molecule has 1 heterocycles. The highest BCUT2D eigenvalue weighted by Gasteiger charge is 2.22. The first kappa shape index (κ1) is 19.8. The molecule has 0 aliphatic carbocycles. The molecule has 7 heteroatoms. The number of hydrogen-bond donors (Lipinski definition) is 1. The Balaban J connectivity index is 1.56. The maximum atomic E-state index is 12.6. The van der Waals surface area contributed by atoms with E-state index in [1.807, 2.05) is 24.3 Å². The van der Waals surface area contributed by atoms with E-state index in [4.69, 9.17) is 25.5 Å². The number of furan rings is 1. The second kappa shape index (κ2) is 8.08. The summed E-state index contributed by atoms with van der Waals surface area (Å²) >= 11 is 6.01. The monoisotopic (exact) mass is 423 g/mol. The first-order valence-electron chi connectivity index (χ1n) is 9.23. The number of carbonyl (C=O) groups is 2. The maximum Gasteiger partial charge on any atom is 0.340 e. The Labute approximate surface area is 177 Å². The molecule has 1 N–H and O–H groups in total. The van der Waals surface area contributed by atoms with Gasteiger partial charge in [-0.1, -0.05) is 41.9 Å². The highest BCUT2D eigenvalue weighted by molar-refractivity contribution is 6.33. The zero-order chi connectivity index (χ0) is 21.3. The highest BCUT2D eigenvalue weighted by Crippen LogP contribution is 2.36. The lowest BCUT2D eigenvalue weighted by Crippen LogP contribution is -2.30. The van der Waals surface area contributed by atoms with Crippen LogP contribution in [0.4, 0.5) is 5.69 Å². The SMILES string of the molecule is COc1cc2c(cc1NC(=O)[C@H](C)OC(=O)c1ccccc1Cl)oc1ccccc12. The van der Waals surface area contributed by atoms with Crippen molar-refractivity contribution in [2.45, 2.75) is 13.0 Å². The van der Waals surface area contributed by atoms with Crippen molar-refractivity contribution < 1.29 is 23.5 Å². The number of carbonyl (C=O) groups excluding carboxylic acids is 2. The number of para-hydroxylation sites is 1. The van der Waals surface area contributed by atoms with Crippen LogP contribution in [0.15, 0.2) is 65.1 Å². The highest BCUT2D eigenvalue weighted by atomic mass is 35.5. The number of ether oxygens (including phenoxy) is 2. The molecule has 0 bridgehead atoms. The Hall–Kier alpha value is -3.51. The number of rotatable bonds is 5. The number of benzene rings is 3. The molecule has 0 aliphatic heterocycles. The third-order valence-electron chi connectivity index (χ3n) is 4.70. The molecule has 1 amide bonds. The molecule has 0 saturated carbocycles. The molecule has 0 saturated heterocycles. The van der Waals surface area contributed by atoms with Gasteiger partial charge in [-0.3, -0.25) is 4.79 Å². The fraction of sp³-hybridized carbons (Fsp3) is 0.130. The summed E-state index contributed by atoms with van der Waals surface area (Å²) in [5.41, 5.74) is 1.95. The average molecular weight is 424 g/mol. The van der Waals surface area contributed by atoms with Gasteiger partial charge in [0, 0.05) is 16.8 Å². The van der Waals surface area contributed by atoms with Crippen molar-refractivity contribution in [1.29, 1.82) is 0 Å². The molecule has 0 radical (unpaired) electrons. The Bertz CT molecular complexity index is 1260. The van der Waals surface area contributed by atoms with Crippen molar-refractivity contribution in [3.05, 3.63) is 71.2 Å². The van der Waals surface area contributed by atoms with Crippen molar-refractivity contribution in [2.24, 2.45) is 0 Å². The van der Waals surface area contributed by atoms with Gasteiger partial charge >= 0.3 is 5.97 Å². The van der Waals surface area contributed by atoms with E-state index in [0.29, 0.717) is 17.0 Å². The van der Waals surface area contributed by atoms with Crippen molar-refractivity contribution in [3.8, 4) is 5.75 Å². The summed E-state index contributed by atoms with van der Waals surface area (Å²) in [6.07, 6.45) is -1.05. The zero-order valence-electron chi connectivity index (χ0n) is 16.3. The molecule has 0 unspecified atom stereocenters. The summed E-state index contributed by atoms with van der Waals surface area (Å²) in [7, 11) is 1.51. The van der Waals surface area contributed by atoms with Gasteiger partial charge in [0.15, 0.2) is 6.10 Å². The van der Waals surface area contributed by atoms with Gasteiger partial charge < -0.3 is 19.2 Å². The lowest BCUT2D eigenvalue weighted by Gasteiger charge is -2.15. The number of hydrogen-bond acceptors (Lipinski definition) is 5. The van der Waals surface area contributed by atoms with Crippen LogP contribution in [0, 0.1) is 0 Å². The summed E-state index contributed by atoms with van der Waals surface area (Å²) in [5, 5.41) is 4.82. The van der Waals surface area contributed by atoms with Gasteiger partial charge in [-0.15, -0.1) is 0 Å². The fourth-order valence-corrected chi connectivity index (χ4v) is 3.37. The number of anilines is 1. The third kappa shape index (κ3) is 3.69. The molecule has 1 atom stereocenters. The molecular formula is C23H18ClNO5. The molecule has 0 aliphatic rings. The maximum absolute atomic E-state index is 12.6. The fourth-order valence-electron chi connectivity index (χ4n) is 3.16. The van der Waals surface area contributed by atoms with E-state index in [-0.39, 0.29) is 10.6 Å². The third-order valence-corrected chi connectivity index (χ3v) is 5.03. The van der Waals surface area contributed by atoms with Crippen molar-refractivity contribution in [1.82, 2.24) is 0 Å². The molecule has 4 rings (SSSR count). The number of esters is 1. The minimum absolute atomic E-state index is 0.195. The predicted octanol–water partition coefficient (Wildman–Crippen LogP) is 5.43. The van der Waals surface area contributed by atoms with E-state index in [1.165, 1.54) is 20.1 Å². The predicted molar refractivity (Wildman–Crippen MR) is 115 cm³/mol. The van der Waals surface area contributed by atoms with E-state index in [1.54, 1.807) is 30.3 Å². The van der Waals surface area contributed by atoms with Gasteiger partial charge in [0.25, 0.3) is 5.91 Å². The smallest absolute Gasteiger partial charge is 0.340 e. The quantitative estimate of drug-likeness (QED) is 0.433. The van der Waals surface area contributed by atoms with Crippen LogP contribution in [0.25, 0.3) is 21.9 Å². The summed E-state index contributed by atoms with van der Waals surface area (Å²) in [6.45, 7) is 1.48. The van der Waals surface area contributed by atoms with Gasteiger partial charge in [0.2, 0.25) is 0 Å². The first-order chi connectivity index (χ1) is 14.5. The number of nitrogens with one attached hydrogen (secondary N) is 1. The summed E-state index contributed by atoms with van der Waals surface area (Å²) < 4.78 is 16.6. The molecule has 0 spiro atoms. The lowest BCUT2D eigenvalue weighted by atomic mass is 10.1. The Morgan fingerprint density at radius 3 is 2.50 bits per heavy atom. The van der Waals surface area contributed by atoms with E-state index < -0.39 is 18.0 Å². The minimum Gasteiger partial charge on any atom is -0.495 e. The topological polar surface area (TPSA) is 77.8 Å². The second-order valence-electron chi connectivity index (χ2n) is 6.66. The number of amides is 1. The molecule has 3 aromatic carbocycles. The number of fused-ring (bicyclic) bond motifs is 3. The summed E-state index contributed by atoms with van der Waals surface area (Å²) in [6, 6.07) is 17.6. The van der Waals surface area contributed by atoms with Crippen LogP contribution < -0.4 is 10.1 Å². The van der Waals surface area contributed by atoms with Gasteiger partial charge in [0.05, 0.1) is 23.4 Å². The van der Waals surface area contributed by atoms with E-state index in [2.05, 4.69) is 5.32 Å². The van der Waals surface area contributed by atoms with Crippen LogP contribution in [0.3, 0.4) is 0 Å². The Kier molecular flexibility index (Phi) is 5.33. The van der Waals surface area contributed by atoms with Gasteiger partial charge in [0.1, 0.15) is 16.9 Å². The molecule has 152 valence electrons. The summed E-state index contributed by atoms with van der Waals surface area (Å²) in [5.74, 6) is -0.723. The van der Waals surface area contributed by atoms with Crippen LogP contribution in [0.1, 0.15) is 17.3 Å². The summed E-state index contributed by atoms with van der Waals surface area (Å²) in [4.78, 5) is 24.9. The first-order valence-corrected chi connectivity index (χ1v) is 9.61. The molecular weight excluding hydrogens is 406 g/mol. The zero-order valence-corrected chi connectivity index (χ0v) is 17.0. The Morgan fingerprint density at radius 2 is 1.73 bits per heavy atom. The van der Waals surface area contributed by atoms with Crippen LogP contribution >= 0.6 is 11.6 Å². The standard InChI is InChI=1S/C23H18ClNO5/c1-13(29-23(27)15-8-3-5-9-17(15)24)22(26)25-18-12-20-16(11-21(18)28-2)14-7-4-6-10-19(14)30-20/h3-13H,1-2H3,(H,25,26)/t13-/m0/s1. The molecule has 1 aromatic heterocycles. The van der Waals surface area contributed by atoms with Gasteiger partial charge in [-0.25, -0.2) is 4.79 Å². The normalized spacial score (nSPS) is 12.0. The largest absolute Gasteiger partial charge is 0.495 e. The average Bonchev–Trinajstić information content (AvgIpc) is 3.10. The van der Waals surface area contributed by atoms with Crippen LogP contribution in [0.2, 0.25) is 5.02 Å².